The van der Waals surface area contributed by atoms with Crippen LogP contribution in [0, 0.1) is 12.3 Å². The molecule has 0 spiro atoms. The Kier molecular flexibility index (Phi) is 6.28. The van der Waals surface area contributed by atoms with E-state index in [1.807, 2.05) is 13.1 Å². The average molecular weight is 354 g/mol. The van der Waals surface area contributed by atoms with Gasteiger partial charge in [-0.3, -0.25) is 9.88 Å². The Hall–Kier alpha value is -1.91. The van der Waals surface area contributed by atoms with Crippen molar-refractivity contribution in [3.05, 3.63) is 59.9 Å². The third kappa shape index (κ3) is 4.83. The molecule has 0 saturated carbocycles. The van der Waals surface area contributed by atoms with Crippen LogP contribution in [0.5, 0.6) is 0 Å². The zero-order chi connectivity index (χ0) is 18.4. The molecule has 3 rings (SSSR count). The maximum absolute atomic E-state index is 5.91. The minimum atomic E-state index is 0.179. The van der Waals surface area contributed by atoms with Crippen LogP contribution in [0.4, 0.5) is 5.69 Å². The highest BCUT2D eigenvalue weighted by atomic mass is 16.5. The van der Waals surface area contributed by atoms with Gasteiger partial charge in [-0.1, -0.05) is 24.3 Å². The molecule has 1 aromatic heterocycles. The van der Waals surface area contributed by atoms with Crippen molar-refractivity contribution < 1.29 is 4.74 Å². The Bertz CT molecular complexity index is 674. The molecular formula is C22H31N3O. The van der Waals surface area contributed by atoms with Crippen LogP contribution in [0.25, 0.3) is 0 Å². The topological polar surface area (TPSA) is 28.6 Å². The van der Waals surface area contributed by atoms with Gasteiger partial charge in [0.05, 0.1) is 6.61 Å². The number of hydrogen-bond donors (Lipinski definition) is 0. The van der Waals surface area contributed by atoms with Crippen LogP contribution in [-0.2, 0) is 11.3 Å². The zero-order valence-corrected chi connectivity index (χ0v) is 16.3. The third-order valence-corrected chi connectivity index (χ3v) is 5.28. The molecule has 0 radical (unpaired) electrons. The van der Waals surface area contributed by atoms with Gasteiger partial charge in [0.25, 0.3) is 0 Å². The Labute approximate surface area is 157 Å². The van der Waals surface area contributed by atoms with E-state index in [-0.39, 0.29) is 5.41 Å². The van der Waals surface area contributed by atoms with E-state index >= 15 is 0 Å². The summed E-state index contributed by atoms with van der Waals surface area (Å²) >= 11 is 0. The number of pyridine rings is 1. The van der Waals surface area contributed by atoms with Crippen LogP contribution in [0.3, 0.4) is 0 Å². The fourth-order valence-corrected chi connectivity index (χ4v) is 3.90. The number of rotatable bonds is 8. The maximum atomic E-state index is 5.91. The maximum Gasteiger partial charge on any atom is 0.0552 e. The standard InChI is InChI=1S/C22H31N3O/c1-4-26-18-22(16-24(3)21-8-6-5-7-9-21)12-13-25(17-22)15-20-11-10-19(2)23-14-20/h5-11,14H,4,12-13,15-18H2,1-3H3. The van der Waals surface area contributed by atoms with Crippen molar-refractivity contribution in [2.75, 3.05) is 44.8 Å². The Balaban J connectivity index is 1.67. The summed E-state index contributed by atoms with van der Waals surface area (Å²) in [6.45, 7) is 9.88. The lowest BCUT2D eigenvalue weighted by atomic mass is 9.87. The van der Waals surface area contributed by atoms with Gasteiger partial charge in [-0.05, 0) is 50.6 Å². The molecule has 1 aromatic carbocycles. The number of benzene rings is 1. The Morgan fingerprint density at radius 2 is 2.00 bits per heavy atom. The van der Waals surface area contributed by atoms with Crippen molar-refractivity contribution in [2.24, 2.45) is 5.41 Å². The first-order valence-electron chi connectivity index (χ1n) is 9.58. The van der Waals surface area contributed by atoms with E-state index in [0.717, 1.165) is 45.1 Å². The predicted octanol–water partition coefficient (Wildman–Crippen LogP) is 3.76. The molecule has 0 N–H and O–H groups in total. The summed E-state index contributed by atoms with van der Waals surface area (Å²) in [4.78, 5) is 9.35. The van der Waals surface area contributed by atoms with Gasteiger partial charge < -0.3 is 9.64 Å². The molecule has 1 saturated heterocycles. The van der Waals surface area contributed by atoms with E-state index in [2.05, 4.69) is 71.2 Å². The van der Waals surface area contributed by atoms with Gasteiger partial charge >= 0.3 is 0 Å². The molecule has 0 amide bonds. The molecule has 140 valence electrons. The predicted molar refractivity (Wildman–Crippen MR) is 108 cm³/mol. The second-order valence-electron chi connectivity index (χ2n) is 7.60. The van der Waals surface area contributed by atoms with E-state index < -0.39 is 0 Å². The summed E-state index contributed by atoms with van der Waals surface area (Å²) in [6, 6.07) is 14.9. The Morgan fingerprint density at radius 3 is 2.69 bits per heavy atom. The van der Waals surface area contributed by atoms with Gasteiger partial charge in [0, 0.05) is 56.3 Å². The molecule has 1 unspecified atom stereocenters. The molecule has 1 atom stereocenters. The number of para-hydroxylation sites is 1. The highest BCUT2D eigenvalue weighted by Gasteiger charge is 2.39. The first-order chi connectivity index (χ1) is 12.6. The van der Waals surface area contributed by atoms with Crippen LogP contribution in [0.1, 0.15) is 24.6 Å². The molecular weight excluding hydrogens is 322 g/mol. The van der Waals surface area contributed by atoms with E-state index in [1.165, 1.54) is 17.7 Å². The summed E-state index contributed by atoms with van der Waals surface area (Å²) in [5, 5.41) is 0. The minimum Gasteiger partial charge on any atom is -0.381 e. The van der Waals surface area contributed by atoms with E-state index in [1.54, 1.807) is 0 Å². The van der Waals surface area contributed by atoms with Crippen molar-refractivity contribution in [2.45, 2.75) is 26.8 Å². The smallest absolute Gasteiger partial charge is 0.0552 e. The average Bonchev–Trinajstić information content (AvgIpc) is 3.05. The second-order valence-corrected chi connectivity index (χ2v) is 7.60. The van der Waals surface area contributed by atoms with Crippen molar-refractivity contribution in [3.8, 4) is 0 Å². The van der Waals surface area contributed by atoms with Gasteiger partial charge in [-0.25, -0.2) is 0 Å². The van der Waals surface area contributed by atoms with Crippen LogP contribution in [0.2, 0.25) is 0 Å². The van der Waals surface area contributed by atoms with Gasteiger partial charge in [0.2, 0.25) is 0 Å². The van der Waals surface area contributed by atoms with Crippen LogP contribution in [-0.4, -0.2) is 49.8 Å². The first kappa shape index (κ1) is 18.9. The fourth-order valence-electron chi connectivity index (χ4n) is 3.90. The van der Waals surface area contributed by atoms with Gasteiger partial charge in [0.15, 0.2) is 0 Å². The molecule has 1 fully saturated rings. The molecule has 0 bridgehead atoms. The fraction of sp³-hybridized carbons (Fsp3) is 0.500. The summed E-state index contributed by atoms with van der Waals surface area (Å²) in [5.74, 6) is 0. The Morgan fingerprint density at radius 1 is 1.19 bits per heavy atom. The molecule has 0 aliphatic carbocycles. The number of ether oxygens (including phenoxy) is 1. The highest BCUT2D eigenvalue weighted by Crippen LogP contribution is 2.34. The summed E-state index contributed by atoms with van der Waals surface area (Å²) in [5.41, 5.74) is 3.81. The largest absolute Gasteiger partial charge is 0.381 e. The molecule has 4 nitrogen and oxygen atoms in total. The van der Waals surface area contributed by atoms with Crippen molar-refractivity contribution in [1.82, 2.24) is 9.88 Å². The zero-order valence-electron chi connectivity index (χ0n) is 16.3. The number of hydrogen-bond acceptors (Lipinski definition) is 4. The molecule has 26 heavy (non-hydrogen) atoms. The van der Waals surface area contributed by atoms with E-state index in [0.29, 0.717) is 0 Å². The molecule has 4 heteroatoms. The van der Waals surface area contributed by atoms with Crippen LogP contribution in [0.15, 0.2) is 48.7 Å². The van der Waals surface area contributed by atoms with Crippen molar-refractivity contribution in [3.63, 3.8) is 0 Å². The number of anilines is 1. The van der Waals surface area contributed by atoms with Gasteiger partial charge in [-0.15, -0.1) is 0 Å². The summed E-state index contributed by atoms with van der Waals surface area (Å²) in [6.07, 6.45) is 3.18. The normalized spacial score (nSPS) is 20.4. The number of aryl methyl sites for hydroxylation is 1. The monoisotopic (exact) mass is 353 g/mol. The van der Waals surface area contributed by atoms with Crippen molar-refractivity contribution >= 4 is 5.69 Å². The first-order valence-corrected chi connectivity index (χ1v) is 9.58. The van der Waals surface area contributed by atoms with Crippen LogP contribution < -0.4 is 4.90 Å². The lowest BCUT2D eigenvalue weighted by Crippen LogP contribution is -2.41. The van der Waals surface area contributed by atoms with E-state index in [9.17, 15) is 0 Å². The molecule has 1 aliphatic heterocycles. The SMILES string of the molecule is CCOCC1(CN(C)c2ccccc2)CCN(Cc2ccc(C)nc2)C1. The lowest BCUT2D eigenvalue weighted by molar-refractivity contribution is 0.0582. The second kappa shape index (κ2) is 8.65. The number of nitrogens with zero attached hydrogens (tertiary/aromatic N) is 3. The third-order valence-electron chi connectivity index (χ3n) is 5.28. The lowest BCUT2D eigenvalue weighted by Gasteiger charge is -2.34. The quantitative estimate of drug-likeness (QED) is 0.722. The summed E-state index contributed by atoms with van der Waals surface area (Å²) in [7, 11) is 2.19. The van der Waals surface area contributed by atoms with Gasteiger partial charge in [-0.2, -0.15) is 0 Å². The highest BCUT2D eigenvalue weighted by molar-refractivity contribution is 5.45. The van der Waals surface area contributed by atoms with Gasteiger partial charge in [0.1, 0.15) is 0 Å². The summed E-state index contributed by atoms with van der Waals surface area (Å²) < 4.78 is 5.91. The number of aromatic nitrogens is 1. The van der Waals surface area contributed by atoms with E-state index in [4.69, 9.17) is 4.74 Å². The van der Waals surface area contributed by atoms with Crippen molar-refractivity contribution in [1.29, 1.82) is 0 Å². The molecule has 2 aromatic rings. The van der Waals surface area contributed by atoms with Crippen LogP contribution >= 0.6 is 0 Å². The number of likely N-dealkylation sites (tertiary alicyclic amines) is 1. The molecule has 1 aliphatic rings. The minimum absolute atomic E-state index is 0.179. The molecule has 2 heterocycles.